The highest BCUT2D eigenvalue weighted by Crippen LogP contribution is 2.10. The average molecular weight is 478 g/mol. The molecule has 0 N–H and O–H groups in total. The number of esters is 1. The van der Waals surface area contributed by atoms with Gasteiger partial charge in [-0.05, 0) is 38.5 Å². The summed E-state index contributed by atoms with van der Waals surface area (Å²) in [7, 11) is 4.36. The SMILES string of the molecule is CCCCCC=CCC=CCCCCCCCC(=O)OCC[N+](C)(C)Cc1ccccc1.[Cl-]. The highest BCUT2D eigenvalue weighted by atomic mass is 35.5. The van der Waals surface area contributed by atoms with Gasteiger partial charge in [0.2, 0.25) is 0 Å². The van der Waals surface area contributed by atoms with Crippen LogP contribution in [0.25, 0.3) is 0 Å². The summed E-state index contributed by atoms with van der Waals surface area (Å²) in [6.45, 7) is 4.53. The van der Waals surface area contributed by atoms with Gasteiger partial charge in [0, 0.05) is 12.0 Å². The van der Waals surface area contributed by atoms with Gasteiger partial charge in [-0.1, -0.05) is 93.7 Å². The first-order chi connectivity index (χ1) is 15.5. The maximum absolute atomic E-state index is 12.0. The van der Waals surface area contributed by atoms with Crippen LogP contribution in [0.15, 0.2) is 54.6 Å². The second-order valence-corrected chi connectivity index (χ2v) is 9.50. The predicted octanol–water partition coefficient (Wildman–Crippen LogP) is 4.62. The lowest BCUT2D eigenvalue weighted by atomic mass is 10.1. The number of ether oxygens (including phenoxy) is 1. The van der Waals surface area contributed by atoms with Crippen LogP contribution >= 0.6 is 0 Å². The second kappa shape index (κ2) is 21.0. The molecule has 0 radical (unpaired) electrons. The molecule has 0 aliphatic carbocycles. The first kappa shape index (κ1) is 31.4. The van der Waals surface area contributed by atoms with Gasteiger partial charge in [0.15, 0.2) is 0 Å². The van der Waals surface area contributed by atoms with Crippen LogP contribution in [0.1, 0.15) is 89.5 Å². The molecular formula is C29H48ClNO2. The van der Waals surface area contributed by atoms with Crippen LogP contribution in [0.3, 0.4) is 0 Å². The third-order valence-corrected chi connectivity index (χ3v) is 5.74. The van der Waals surface area contributed by atoms with Crippen molar-refractivity contribution in [3.63, 3.8) is 0 Å². The molecule has 0 unspecified atom stereocenters. The largest absolute Gasteiger partial charge is 1.00 e. The molecule has 4 heteroatoms. The minimum atomic E-state index is -0.0459. The van der Waals surface area contributed by atoms with Crippen molar-refractivity contribution >= 4 is 5.97 Å². The predicted molar refractivity (Wildman–Crippen MR) is 137 cm³/mol. The number of unbranched alkanes of at least 4 members (excludes halogenated alkanes) is 8. The number of carbonyl (C=O) groups excluding carboxylic acids is 1. The third-order valence-electron chi connectivity index (χ3n) is 5.74. The number of nitrogens with zero attached hydrogens (tertiary/aromatic N) is 1. The molecule has 0 aromatic heterocycles. The molecule has 0 aliphatic rings. The molecule has 1 aromatic rings. The first-order valence-electron chi connectivity index (χ1n) is 12.8. The van der Waals surface area contributed by atoms with E-state index in [1.807, 2.05) is 6.07 Å². The number of likely N-dealkylation sites (N-methyl/N-ethyl adjacent to an activating group) is 1. The fourth-order valence-corrected chi connectivity index (χ4v) is 3.72. The Morgan fingerprint density at radius 1 is 0.848 bits per heavy atom. The summed E-state index contributed by atoms with van der Waals surface area (Å²) in [6.07, 6.45) is 22.9. The maximum atomic E-state index is 12.0. The van der Waals surface area contributed by atoms with Crippen molar-refractivity contribution in [3.8, 4) is 0 Å². The Morgan fingerprint density at radius 2 is 1.45 bits per heavy atom. The summed E-state index contributed by atoms with van der Waals surface area (Å²) in [5, 5.41) is 0. The molecule has 0 heterocycles. The van der Waals surface area contributed by atoms with Crippen LogP contribution in [0.4, 0.5) is 0 Å². The van der Waals surface area contributed by atoms with Crippen molar-refractivity contribution in [2.45, 2.75) is 90.5 Å². The van der Waals surface area contributed by atoms with Gasteiger partial charge in [0.25, 0.3) is 0 Å². The molecule has 3 nitrogen and oxygen atoms in total. The Bertz CT molecular complexity index is 640. The highest BCUT2D eigenvalue weighted by Gasteiger charge is 2.16. The quantitative estimate of drug-likeness (QED) is 0.126. The molecule has 0 spiro atoms. The van der Waals surface area contributed by atoms with Crippen LogP contribution < -0.4 is 12.4 Å². The lowest BCUT2D eigenvalue weighted by Gasteiger charge is -2.29. The topological polar surface area (TPSA) is 26.3 Å². The summed E-state index contributed by atoms with van der Waals surface area (Å²) in [4.78, 5) is 12.0. The van der Waals surface area contributed by atoms with Gasteiger partial charge in [-0.25, -0.2) is 0 Å². The zero-order chi connectivity index (χ0) is 23.3. The summed E-state index contributed by atoms with van der Waals surface area (Å²) in [5.41, 5.74) is 1.31. The Balaban J connectivity index is 0.0000102. The lowest BCUT2D eigenvalue weighted by Crippen LogP contribution is -3.00. The molecule has 0 atom stereocenters. The number of halogens is 1. The zero-order valence-electron chi connectivity index (χ0n) is 21.4. The fourth-order valence-electron chi connectivity index (χ4n) is 3.72. The molecule has 0 amide bonds. The molecule has 0 saturated carbocycles. The second-order valence-electron chi connectivity index (χ2n) is 9.50. The Morgan fingerprint density at radius 3 is 2.12 bits per heavy atom. The maximum Gasteiger partial charge on any atom is 0.305 e. The van der Waals surface area contributed by atoms with Crippen molar-refractivity contribution in [2.24, 2.45) is 0 Å². The van der Waals surface area contributed by atoms with Crippen LogP contribution in [0.5, 0.6) is 0 Å². The molecule has 33 heavy (non-hydrogen) atoms. The fraction of sp³-hybridized carbons (Fsp3) is 0.621. The van der Waals surface area contributed by atoms with E-state index in [4.69, 9.17) is 4.74 Å². The van der Waals surface area contributed by atoms with Crippen molar-refractivity contribution in [1.29, 1.82) is 0 Å². The number of hydrogen-bond donors (Lipinski definition) is 0. The number of hydrogen-bond acceptors (Lipinski definition) is 2. The van der Waals surface area contributed by atoms with Gasteiger partial charge in [0.05, 0.1) is 14.1 Å². The summed E-state index contributed by atoms with van der Waals surface area (Å²) < 4.78 is 6.29. The molecule has 0 saturated heterocycles. The molecule has 1 rings (SSSR count). The molecular weight excluding hydrogens is 430 g/mol. The monoisotopic (exact) mass is 477 g/mol. The van der Waals surface area contributed by atoms with E-state index >= 15 is 0 Å². The number of rotatable bonds is 19. The van der Waals surface area contributed by atoms with E-state index in [-0.39, 0.29) is 18.4 Å². The summed E-state index contributed by atoms with van der Waals surface area (Å²) >= 11 is 0. The van der Waals surface area contributed by atoms with E-state index in [1.54, 1.807) is 0 Å². The Kier molecular flexibility index (Phi) is 20.0. The van der Waals surface area contributed by atoms with Gasteiger partial charge < -0.3 is 21.6 Å². The number of allylic oxidation sites excluding steroid dienone is 4. The van der Waals surface area contributed by atoms with E-state index in [0.29, 0.717) is 13.0 Å². The van der Waals surface area contributed by atoms with Crippen LogP contribution in [0, 0.1) is 0 Å². The molecule has 1 aromatic carbocycles. The van der Waals surface area contributed by atoms with Crippen LogP contribution in [0.2, 0.25) is 0 Å². The van der Waals surface area contributed by atoms with E-state index in [9.17, 15) is 4.79 Å². The number of carbonyl (C=O) groups is 1. The minimum Gasteiger partial charge on any atom is -1.00 e. The van der Waals surface area contributed by atoms with E-state index in [1.165, 1.54) is 56.9 Å². The van der Waals surface area contributed by atoms with Gasteiger partial charge in [0.1, 0.15) is 19.7 Å². The number of quaternary nitrogens is 1. The first-order valence-corrected chi connectivity index (χ1v) is 12.8. The lowest BCUT2D eigenvalue weighted by molar-refractivity contribution is -0.903. The summed E-state index contributed by atoms with van der Waals surface area (Å²) in [5.74, 6) is -0.0459. The van der Waals surface area contributed by atoms with Crippen molar-refractivity contribution < 1.29 is 26.4 Å². The van der Waals surface area contributed by atoms with Gasteiger partial charge >= 0.3 is 5.97 Å². The Hall–Kier alpha value is -1.58. The van der Waals surface area contributed by atoms with Crippen molar-refractivity contribution in [2.75, 3.05) is 27.2 Å². The molecule has 0 fully saturated rings. The van der Waals surface area contributed by atoms with Crippen molar-refractivity contribution in [1.82, 2.24) is 0 Å². The van der Waals surface area contributed by atoms with Gasteiger partial charge in [-0.3, -0.25) is 4.79 Å². The van der Waals surface area contributed by atoms with E-state index < -0.39 is 0 Å². The standard InChI is InChI=1S/C29H48NO2.ClH/c1-4-5-6-7-8-9-10-11-12-13-14-15-16-17-21-24-29(31)32-26-25-30(2,3)27-28-22-19-18-20-23-28;/h8-9,11-12,18-20,22-23H,4-7,10,13-17,21,24-27H2,1-3H3;1H/q+1;/p-1. The van der Waals surface area contributed by atoms with E-state index in [2.05, 4.69) is 69.6 Å². The van der Waals surface area contributed by atoms with Crippen LogP contribution in [-0.4, -0.2) is 37.7 Å². The zero-order valence-corrected chi connectivity index (χ0v) is 22.2. The van der Waals surface area contributed by atoms with Gasteiger partial charge in [-0.2, -0.15) is 0 Å². The third kappa shape index (κ3) is 19.6. The Labute approximate surface area is 210 Å². The summed E-state index contributed by atoms with van der Waals surface area (Å²) in [6, 6.07) is 10.5. The van der Waals surface area contributed by atoms with Crippen LogP contribution in [-0.2, 0) is 16.1 Å². The number of benzene rings is 1. The normalized spacial score (nSPS) is 11.7. The average Bonchev–Trinajstić information content (AvgIpc) is 2.76. The smallest absolute Gasteiger partial charge is 0.305 e. The molecule has 0 aliphatic heterocycles. The minimum absolute atomic E-state index is 0. The van der Waals surface area contributed by atoms with Gasteiger partial charge in [-0.15, -0.1) is 0 Å². The van der Waals surface area contributed by atoms with E-state index in [0.717, 1.165) is 36.8 Å². The molecule has 0 bridgehead atoms. The highest BCUT2D eigenvalue weighted by molar-refractivity contribution is 5.69. The molecule has 188 valence electrons. The van der Waals surface area contributed by atoms with Crippen molar-refractivity contribution in [3.05, 3.63) is 60.2 Å².